The molecule has 1 aliphatic carbocycles. The predicted molar refractivity (Wildman–Crippen MR) is 91.0 cm³/mol. The molecular weight excluding hydrogens is 294 g/mol. The first-order valence-corrected chi connectivity index (χ1v) is 8.73. The van der Waals surface area contributed by atoms with Gasteiger partial charge in [-0.1, -0.05) is 25.5 Å². The number of fused-ring (bicyclic) bond motifs is 1. The molecule has 0 aromatic carbocycles. The van der Waals surface area contributed by atoms with Crippen molar-refractivity contribution in [3.05, 3.63) is 22.2 Å². The number of hydrogen-bond acceptors (Lipinski definition) is 4. The summed E-state index contributed by atoms with van der Waals surface area (Å²) >= 11 is 1.63. The Morgan fingerprint density at radius 1 is 1.45 bits per heavy atom. The van der Waals surface area contributed by atoms with Gasteiger partial charge in [0.2, 0.25) is 5.91 Å². The van der Waals surface area contributed by atoms with Gasteiger partial charge in [-0.2, -0.15) is 0 Å². The number of aromatic nitrogens is 1. The number of nitrogens with zero attached hydrogens (tertiary/aromatic N) is 2. The summed E-state index contributed by atoms with van der Waals surface area (Å²) in [6.07, 6.45) is 3.21. The van der Waals surface area contributed by atoms with Crippen molar-refractivity contribution >= 4 is 22.4 Å². The lowest BCUT2D eigenvalue weighted by Crippen LogP contribution is -2.25. The molecule has 2 atom stereocenters. The summed E-state index contributed by atoms with van der Waals surface area (Å²) in [6.45, 7) is 10.5. The number of nitrogens with one attached hydrogen (secondary N) is 1. The van der Waals surface area contributed by atoms with Crippen LogP contribution < -0.4 is 5.32 Å². The minimum atomic E-state index is 0.0540. The summed E-state index contributed by atoms with van der Waals surface area (Å²) in [6, 6.07) is 0. The molecule has 0 spiro atoms. The highest BCUT2D eigenvalue weighted by atomic mass is 32.1. The van der Waals surface area contributed by atoms with E-state index in [1.54, 1.807) is 11.3 Å². The molecular formula is C17H25N3OS. The van der Waals surface area contributed by atoms with Crippen molar-refractivity contribution in [2.45, 2.75) is 40.7 Å². The van der Waals surface area contributed by atoms with Crippen LogP contribution in [0.4, 0.5) is 5.13 Å². The molecule has 1 aromatic rings. The third-order valence-corrected chi connectivity index (χ3v) is 5.86. The molecule has 0 radical (unpaired) electrons. The third kappa shape index (κ3) is 2.84. The van der Waals surface area contributed by atoms with E-state index in [0.717, 1.165) is 30.3 Å². The van der Waals surface area contributed by atoms with Gasteiger partial charge in [-0.05, 0) is 32.2 Å². The van der Waals surface area contributed by atoms with Gasteiger partial charge >= 0.3 is 0 Å². The van der Waals surface area contributed by atoms with Crippen molar-refractivity contribution in [3.8, 4) is 0 Å². The first-order chi connectivity index (χ1) is 10.3. The number of likely N-dealkylation sites (N-methyl/N-ethyl adjacent to an activating group) is 1. The average molecular weight is 319 g/mol. The largest absolute Gasteiger partial charge is 0.302 e. The minimum Gasteiger partial charge on any atom is -0.302 e. The summed E-state index contributed by atoms with van der Waals surface area (Å²) in [4.78, 5) is 20.8. The zero-order valence-electron chi connectivity index (χ0n) is 14.1. The SMILES string of the molecule is CC(C)=C[C@@H]1[C@@H](C(=O)Nc2nc3c(s2)CN(C)CC3)C1(C)C. The Kier molecular flexibility index (Phi) is 3.89. The molecule has 1 N–H and O–H groups in total. The van der Waals surface area contributed by atoms with Gasteiger partial charge in [0.05, 0.1) is 11.6 Å². The Balaban J connectivity index is 1.69. The minimum absolute atomic E-state index is 0.0540. The maximum atomic E-state index is 12.6. The fourth-order valence-corrected chi connectivity index (χ4v) is 4.50. The van der Waals surface area contributed by atoms with Crippen LogP contribution in [0.3, 0.4) is 0 Å². The zero-order chi connectivity index (χ0) is 16.1. The molecule has 1 aromatic heterocycles. The predicted octanol–water partition coefficient (Wildman–Crippen LogP) is 3.31. The highest BCUT2D eigenvalue weighted by Gasteiger charge is 2.60. The van der Waals surface area contributed by atoms with Crippen molar-refractivity contribution in [2.24, 2.45) is 17.3 Å². The van der Waals surface area contributed by atoms with Crippen molar-refractivity contribution in [1.82, 2.24) is 9.88 Å². The summed E-state index contributed by atoms with van der Waals surface area (Å²) in [7, 11) is 2.12. The van der Waals surface area contributed by atoms with Gasteiger partial charge in [-0.15, -0.1) is 11.3 Å². The van der Waals surface area contributed by atoms with Gasteiger partial charge in [0.15, 0.2) is 5.13 Å². The molecule has 0 saturated heterocycles. The lowest BCUT2D eigenvalue weighted by Gasteiger charge is -2.20. The second kappa shape index (κ2) is 5.46. The highest BCUT2D eigenvalue weighted by Crippen LogP contribution is 2.59. The van der Waals surface area contributed by atoms with Crippen LogP contribution in [0, 0.1) is 17.3 Å². The molecule has 120 valence electrons. The Bertz CT molecular complexity index is 628. The van der Waals surface area contributed by atoms with Gasteiger partial charge in [0, 0.05) is 24.4 Å². The lowest BCUT2D eigenvalue weighted by atomic mass is 10.1. The number of amides is 1. The van der Waals surface area contributed by atoms with Crippen molar-refractivity contribution < 1.29 is 4.79 Å². The van der Waals surface area contributed by atoms with Crippen molar-refractivity contribution in [1.29, 1.82) is 0 Å². The molecule has 1 fully saturated rings. The highest BCUT2D eigenvalue weighted by molar-refractivity contribution is 7.15. The molecule has 0 bridgehead atoms. The number of thiazole rings is 1. The van der Waals surface area contributed by atoms with Gasteiger partial charge in [0.1, 0.15) is 0 Å². The molecule has 4 nitrogen and oxygen atoms in total. The Morgan fingerprint density at radius 3 is 2.86 bits per heavy atom. The smallest absolute Gasteiger partial charge is 0.230 e. The van der Waals surface area contributed by atoms with Crippen LogP contribution in [0.1, 0.15) is 38.3 Å². The number of allylic oxidation sites excluding steroid dienone is 2. The zero-order valence-corrected chi connectivity index (χ0v) is 14.9. The van der Waals surface area contributed by atoms with Crippen LogP contribution in [0.5, 0.6) is 0 Å². The number of hydrogen-bond donors (Lipinski definition) is 1. The number of carbonyl (C=O) groups excluding carboxylic acids is 1. The van der Waals surface area contributed by atoms with E-state index in [9.17, 15) is 4.79 Å². The molecule has 2 aliphatic rings. The summed E-state index contributed by atoms with van der Waals surface area (Å²) in [5.74, 6) is 0.524. The number of rotatable bonds is 3. The molecule has 1 saturated carbocycles. The second-order valence-corrected chi connectivity index (χ2v) is 8.52. The molecule has 3 rings (SSSR count). The van der Waals surface area contributed by atoms with E-state index in [1.807, 2.05) is 0 Å². The molecule has 5 heteroatoms. The summed E-state index contributed by atoms with van der Waals surface area (Å²) < 4.78 is 0. The molecule has 1 aliphatic heterocycles. The van der Waals surface area contributed by atoms with Crippen LogP contribution in [-0.2, 0) is 17.8 Å². The van der Waals surface area contributed by atoms with Crippen LogP contribution in [0.2, 0.25) is 0 Å². The van der Waals surface area contributed by atoms with E-state index in [2.05, 4.69) is 56.0 Å². The molecule has 2 heterocycles. The number of carbonyl (C=O) groups is 1. The van der Waals surface area contributed by atoms with Crippen LogP contribution >= 0.6 is 11.3 Å². The fraction of sp³-hybridized carbons (Fsp3) is 0.647. The molecule has 0 unspecified atom stereocenters. The van der Waals surface area contributed by atoms with Crippen LogP contribution in [0.25, 0.3) is 0 Å². The summed E-state index contributed by atoms with van der Waals surface area (Å²) in [5.41, 5.74) is 2.49. The van der Waals surface area contributed by atoms with Gasteiger partial charge in [-0.25, -0.2) is 4.98 Å². The van der Waals surface area contributed by atoms with E-state index in [0.29, 0.717) is 5.92 Å². The third-order valence-electron chi connectivity index (χ3n) is 4.86. The first kappa shape index (κ1) is 15.7. The van der Waals surface area contributed by atoms with Crippen LogP contribution in [-0.4, -0.2) is 29.4 Å². The van der Waals surface area contributed by atoms with E-state index in [1.165, 1.54) is 10.5 Å². The second-order valence-electron chi connectivity index (χ2n) is 7.43. The van der Waals surface area contributed by atoms with Crippen LogP contribution in [0.15, 0.2) is 11.6 Å². The van der Waals surface area contributed by atoms with E-state index >= 15 is 0 Å². The maximum Gasteiger partial charge on any atom is 0.230 e. The van der Waals surface area contributed by atoms with E-state index in [4.69, 9.17) is 0 Å². The first-order valence-electron chi connectivity index (χ1n) is 7.92. The van der Waals surface area contributed by atoms with Crippen molar-refractivity contribution in [2.75, 3.05) is 18.9 Å². The Labute approximate surface area is 136 Å². The standard InChI is InChI=1S/C17H25N3OS/c1-10(2)8-11-14(17(11,3)4)15(21)19-16-18-12-6-7-20(5)9-13(12)22-16/h8,11,14H,6-7,9H2,1-5H3,(H,18,19,21)/t11-,14+/m1/s1. The quantitative estimate of drug-likeness (QED) is 0.869. The topological polar surface area (TPSA) is 45.2 Å². The maximum absolute atomic E-state index is 12.6. The number of anilines is 1. The Hall–Kier alpha value is -1.20. The van der Waals surface area contributed by atoms with E-state index < -0.39 is 0 Å². The van der Waals surface area contributed by atoms with Gasteiger partial charge in [-0.3, -0.25) is 4.79 Å². The molecule has 1 amide bonds. The van der Waals surface area contributed by atoms with E-state index in [-0.39, 0.29) is 17.2 Å². The molecule has 22 heavy (non-hydrogen) atoms. The van der Waals surface area contributed by atoms with Gasteiger partial charge in [0.25, 0.3) is 0 Å². The fourth-order valence-electron chi connectivity index (χ4n) is 3.41. The average Bonchev–Trinajstić information content (AvgIpc) is 2.76. The monoisotopic (exact) mass is 319 g/mol. The van der Waals surface area contributed by atoms with Gasteiger partial charge < -0.3 is 10.2 Å². The lowest BCUT2D eigenvalue weighted by molar-refractivity contribution is -0.118. The normalized spacial score (nSPS) is 26.2. The Morgan fingerprint density at radius 2 is 2.18 bits per heavy atom. The van der Waals surface area contributed by atoms with Crippen molar-refractivity contribution in [3.63, 3.8) is 0 Å². The summed E-state index contributed by atoms with van der Waals surface area (Å²) in [5, 5.41) is 3.82.